The number of alkyl halides is 3. The zero-order chi connectivity index (χ0) is 14.8. The van der Waals surface area contributed by atoms with Crippen LogP contribution < -0.4 is 5.32 Å². The van der Waals surface area contributed by atoms with Crippen LogP contribution in [-0.2, 0) is 6.18 Å². The van der Waals surface area contributed by atoms with Crippen LogP contribution in [0.3, 0.4) is 0 Å². The number of nitrogens with zero attached hydrogens (tertiary/aromatic N) is 1. The van der Waals surface area contributed by atoms with Gasteiger partial charge >= 0.3 is 6.18 Å². The Hall–Kier alpha value is -2.00. The molecular weight excluding hydrogens is 333 g/mol. The van der Waals surface area contributed by atoms with Gasteiger partial charge in [0.25, 0.3) is 0 Å². The van der Waals surface area contributed by atoms with E-state index in [0.29, 0.717) is 5.69 Å². The van der Waals surface area contributed by atoms with Crippen molar-refractivity contribution in [2.45, 2.75) is 6.18 Å². The van der Waals surface area contributed by atoms with E-state index in [2.05, 4.69) is 21.2 Å². The Morgan fingerprint density at radius 1 is 1.05 bits per heavy atom. The van der Waals surface area contributed by atoms with Gasteiger partial charge in [-0.1, -0.05) is 15.9 Å². The maximum atomic E-state index is 12.7. The van der Waals surface area contributed by atoms with Gasteiger partial charge in [-0.2, -0.15) is 18.4 Å². The van der Waals surface area contributed by atoms with Crippen molar-refractivity contribution in [3.63, 3.8) is 0 Å². The molecule has 0 heterocycles. The molecule has 2 rings (SSSR count). The second-order valence-corrected chi connectivity index (χ2v) is 4.92. The van der Waals surface area contributed by atoms with E-state index < -0.39 is 11.7 Å². The lowest BCUT2D eigenvalue weighted by atomic mass is 10.1. The average Bonchev–Trinajstić information content (AvgIpc) is 2.40. The Bertz CT molecular complexity index is 658. The standard InChI is InChI=1S/C14H8BrF3N2/c15-11-3-5-12(6-4-11)20-13-7-10(14(16,17)18)2-1-9(13)8-19/h1-7,20H. The fourth-order valence-corrected chi connectivity index (χ4v) is 1.87. The molecule has 2 nitrogen and oxygen atoms in total. The van der Waals surface area contributed by atoms with Gasteiger partial charge in [0, 0.05) is 10.2 Å². The summed E-state index contributed by atoms with van der Waals surface area (Å²) in [6, 6.07) is 11.8. The van der Waals surface area contributed by atoms with Crippen LogP contribution in [0.1, 0.15) is 11.1 Å². The Morgan fingerprint density at radius 2 is 1.70 bits per heavy atom. The molecule has 0 fully saturated rings. The summed E-state index contributed by atoms with van der Waals surface area (Å²) < 4.78 is 38.9. The minimum absolute atomic E-state index is 0.129. The molecule has 0 atom stereocenters. The monoisotopic (exact) mass is 340 g/mol. The number of halogens is 4. The predicted octanol–water partition coefficient (Wildman–Crippen LogP) is 5.08. The Morgan fingerprint density at radius 3 is 2.25 bits per heavy atom. The fraction of sp³-hybridized carbons (Fsp3) is 0.0714. The van der Waals surface area contributed by atoms with Crippen LogP contribution in [0.15, 0.2) is 46.9 Å². The maximum absolute atomic E-state index is 12.7. The lowest BCUT2D eigenvalue weighted by molar-refractivity contribution is -0.137. The molecule has 0 aliphatic heterocycles. The fourth-order valence-electron chi connectivity index (χ4n) is 1.61. The highest BCUT2D eigenvalue weighted by molar-refractivity contribution is 9.10. The molecule has 20 heavy (non-hydrogen) atoms. The summed E-state index contributed by atoms with van der Waals surface area (Å²) in [5.74, 6) is 0. The van der Waals surface area contributed by atoms with Crippen LogP contribution in [0.5, 0.6) is 0 Å². The average molecular weight is 341 g/mol. The molecule has 2 aromatic carbocycles. The van der Waals surface area contributed by atoms with Gasteiger partial charge in [-0.05, 0) is 42.5 Å². The van der Waals surface area contributed by atoms with E-state index in [1.807, 2.05) is 6.07 Å². The molecule has 2 aromatic rings. The van der Waals surface area contributed by atoms with Gasteiger partial charge in [0.2, 0.25) is 0 Å². The van der Waals surface area contributed by atoms with Crippen molar-refractivity contribution in [1.82, 2.24) is 0 Å². The minimum Gasteiger partial charge on any atom is -0.354 e. The van der Waals surface area contributed by atoms with Crippen LogP contribution in [-0.4, -0.2) is 0 Å². The molecular formula is C14H8BrF3N2. The van der Waals surface area contributed by atoms with E-state index in [1.165, 1.54) is 0 Å². The summed E-state index contributed by atoms with van der Waals surface area (Å²) in [5, 5.41) is 11.8. The SMILES string of the molecule is N#Cc1ccc(C(F)(F)F)cc1Nc1ccc(Br)cc1. The summed E-state index contributed by atoms with van der Waals surface area (Å²) in [4.78, 5) is 0. The van der Waals surface area contributed by atoms with Crippen LogP contribution in [0, 0.1) is 11.3 Å². The van der Waals surface area contributed by atoms with E-state index in [9.17, 15) is 13.2 Å². The first-order valence-corrected chi connectivity index (χ1v) is 6.33. The van der Waals surface area contributed by atoms with Gasteiger partial charge in [0.15, 0.2) is 0 Å². The first-order chi connectivity index (χ1) is 9.40. The smallest absolute Gasteiger partial charge is 0.354 e. The quantitative estimate of drug-likeness (QED) is 0.827. The van der Waals surface area contributed by atoms with Gasteiger partial charge in [0.1, 0.15) is 6.07 Å². The first kappa shape index (κ1) is 14.4. The summed E-state index contributed by atoms with van der Waals surface area (Å²) in [6.45, 7) is 0. The van der Waals surface area contributed by atoms with Crippen LogP contribution in [0.4, 0.5) is 24.5 Å². The third-order valence-electron chi connectivity index (χ3n) is 2.59. The van der Waals surface area contributed by atoms with Crippen molar-refractivity contribution in [2.75, 3.05) is 5.32 Å². The van der Waals surface area contributed by atoms with E-state index >= 15 is 0 Å². The van der Waals surface area contributed by atoms with Crippen molar-refractivity contribution in [3.8, 4) is 6.07 Å². The number of benzene rings is 2. The lowest BCUT2D eigenvalue weighted by Crippen LogP contribution is -2.06. The summed E-state index contributed by atoms with van der Waals surface area (Å²) >= 11 is 3.27. The summed E-state index contributed by atoms with van der Waals surface area (Å²) in [6.07, 6.45) is -4.44. The molecule has 0 aromatic heterocycles. The lowest BCUT2D eigenvalue weighted by Gasteiger charge is -2.12. The third-order valence-corrected chi connectivity index (χ3v) is 3.12. The zero-order valence-electron chi connectivity index (χ0n) is 10.0. The molecule has 0 amide bonds. The number of anilines is 2. The Labute approximate surface area is 122 Å². The second kappa shape index (κ2) is 5.55. The van der Waals surface area contributed by atoms with Crippen molar-refractivity contribution in [1.29, 1.82) is 5.26 Å². The normalized spacial score (nSPS) is 10.9. The number of nitriles is 1. The first-order valence-electron chi connectivity index (χ1n) is 5.54. The predicted molar refractivity (Wildman–Crippen MR) is 73.6 cm³/mol. The minimum atomic E-state index is -4.44. The molecule has 0 radical (unpaired) electrons. The van der Waals surface area contributed by atoms with Crippen molar-refractivity contribution in [2.24, 2.45) is 0 Å². The summed E-state index contributed by atoms with van der Waals surface area (Å²) in [5.41, 5.74) is 0.0886. The molecule has 0 saturated carbocycles. The molecule has 0 unspecified atom stereocenters. The summed E-state index contributed by atoms with van der Waals surface area (Å²) in [7, 11) is 0. The van der Waals surface area contributed by atoms with Gasteiger partial charge in [-0.25, -0.2) is 0 Å². The molecule has 0 aliphatic carbocycles. The van der Waals surface area contributed by atoms with E-state index in [1.54, 1.807) is 24.3 Å². The Balaban J connectivity index is 2.39. The maximum Gasteiger partial charge on any atom is 0.416 e. The molecule has 0 saturated heterocycles. The third kappa shape index (κ3) is 3.31. The highest BCUT2D eigenvalue weighted by atomic mass is 79.9. The molecule has 0 aliphatic rings. The van der Waals surface area contributed by atoms with Crippen molar-refractivity contribution >= 4 is 27.3 Å². The van der Waals surface area contributed by atoms with Gasteiger partial charge in [-0.15, -0.1) is 0 Å². The van der Waals surface area contributed by atoms with Gasteiger partial charge in [-0.3, -0.25) is 0 Å². The molecule has 0 spiro atoms. The molecule has 0 bridgehead atoms. The van der Waals surface area contributed by atoms with E-state index in [-0.39, 0.29) is 11.3 Å². The number of hydrogen-bond acceptors (Lipinski definition) is 2. The number of rotatable bonds is 2. The second-order valence-electron chi connectivity index (χ2n) is 4.00. The Kier molecular flexibility index (Phi) is 4.00. The molecule has 6 heteroatoms. The van der Waals surface area contributed by atoms with Crippen LogP contribution in [0.2, 0.25) is 0 Å². The zero-order valence-corrected chi connectivity index (χ0v) is 11.6. The molecule has 1 N–H and O–H groups in total. The van der Waals surface area contributed by atoms with Crippen molar-refractivity contribution < 1.29 is 13.2 Å². The highest BCUT2D eigenvalue weighted by Crippen LogP contribution is 2.33. The van der Waals surface area contributed by atoms with Crippen LogP contribution in [0.25, 0.3) is 0 Å². The van der Waals surface area contributed by atoms with Crippen LogP contribution >= 0.6 is 15.9 Å². The largest absolute Gasteiger partial charge is 0.416 e. The number of nitrogens with one attached hydrogen (secondary N) is 1. The van der Waals surface area contributed by atoms with Crippen molar-refractivity contribution in [3.05, 3.63) is 58.1 Å². The highest BCUT2D eigenvalue weighted by Gasteiger charge is 2.31. The van der Waals surface area contributed by atoms with Gasteiger partial charge < -0.3 is 5.32 Å². The van der Waals surface area contributed by atoms with E-state index in [0.717, 1.165) is 22.7 Å². The van der Waals surface area contributed by atoms with Gasteiger partial charge in [0.05, 0.1) is 16.8 Å². The van der Waals surface area contributed by atoms with E-state index in [4.69, 9.17) is 5.26 Å². The topological polar surface area (TPSA) is 35.8 Å². The molecule has 102 valence electrons. The number of hydrogen-bond donors (Lipinski definition) is 1.